The number of Topliss-reactive ketones (excluding diaryl/α,β-unsaturated/α-hetero) is 1. The average molecular weight is 397 g/mol. The topological polar surface area (TPSA) is 65.4 Å². The van der Waals surface area contributed by atoms with Crippen molar-refractivity contribution in [1.82, 2.24) is 4.57 Å². The van der Waals surface area contributed by atoms with E-state index in [1.165, 1.54) is 11.5 Å². The largest absolute Gasteiger partial charge is 0.456 e. The summed E-state index contributed by atoms with van der Waals surface area (Å²) in [4.78, 5) is 35.0. The van der Waals surface area contributed by atoms with Crippen LogP contribution in [0.3, 0.4) is 0 Å². The second kappa shape index (κ2) is 7.21. The van der Waals surface area contributed by atoms with Crippen molar-refractivity contribution in [3.05, 3.63) is 33.9 Å². The Hall–Kier alpha value is -1.08. The number of thiazole rings is 1. The molecule has 0 aliphatic rings. The van der Waals surface area contributed by atoms with Crippen LogP contribution in [-0.4, -0.2) is 26.2 Å². The number of fused-ring (bicyclic) bond motifs is 1. The molecule has 2 aromatic rings. The minimum Gasteiger partial charge on any atom is -0.456 e. The molecule has 1 aromatic carbocycles. The zero-order chi connectivity index (χ0) is 17.2. The van der Waals surface area contributed by atoms with Crippen LogP contribution < -0.4 is 4.87 Å². The molecule has 0 N–H and O–H groups in total. The van der Waals surface area contributed by atoms with Gasteiger partial charge in [-0.2, -0.15) is 0 Å². The molecule has 9 heteroatoms. The van der Waals surface area contributed by atoms with E-state index in [0.29, 0.717) is 5.52 Å². The average Bonchev–Trinajstić information content (AvgIpc) is 2.73. The Labute approximate surface area is 150 Å². The van der Waals surface area contributed by atoms with E-state index in [2.05, 4.69) is 0 Å². The fraction of sp³-hybridized carbons (Fsp3) is 0.357. The van der Waals surface area contributed by atoms with Gasteiger partial charge in [0.15, 0.2) is 6.10 Å². The first kappa shape index (κ1) is 18.3. The number of esters is 1. The van der Waals surface area contributed by atoms with E-state index in [1.807, 2.05) is 0 Å². The van der Waals surface area contributed by atoms with Gasteiger partial charge in [0.1, 0.15) is 12.3 Å². The van der Waals surface area contributed by atoms with Crippen LogP contribution in [0.25, 0.3) is 10.2 Å². The number of halogens is 3. The first-order valence-corrected chi connectivity index (χ1v) is 8.47. The quantitative estimate of drug-likeness (QED) is 0.574. The fourth-order valence-corrected chi connectivity index (χ4v) is 3.23. The first-order chi connectivity index (χ1) is 10.7. The molecule has 5 nitrogen and oxygen atoms in total. The van der Waals surface area contributed by atoms with Crippen molar-refractivity contribution in [2.24, 2.45) is 0 Å². The third kappa shape index (κ3) is 4.70. The number of alkyl halides is 3. The molecule has 1 heterocycles. The monoisotopic (exact) mass is 395 g/mol. The molecule has 0 radical (unpaired) electrons. The number of benzene rings is 1. The number of hydrogen-bond acceptors (Lipinski definition) is 5. The highest BCUT2D eigenvalue weighted by Gasteiger charge is 2.37. The molecule has 2 rings (SSSR count). The zero-order valence-electron chi connectivity index (χ0n) is 11.9. The summed E-state index contributed by atoms with van der Waals surface area (Å²) in [7, 11) is 0. The molecule has 0 bridgehead atoms. The molecule has 0 saturated carbocycles. The van der Waals surface area contributed by atoms with Gasteiger partial charge in [-0.3, -0.25) is 19.0 Å². The Morgan fingerprint density at radius 2 is 1.96 bits per heavy atom. The van der Waals surface area contributed by atoms with Crippen LogP contribution in [0, 0.1) is 0 Å². The summed E-state index contributed by atoms with van der Waals surface area (Å²) >= 11 is 18.2. The predicted molar refractivity (Wildman–Crippen MR) is 91.6 cm³/mol. The standard InChI is InChI=1S/C14H12Cl3NO4S/c1-8(19)6-11(14(15,16)17)22-12(20)7-18-9-4-2-3-5-10(9)23-13(18)21/h2-5,11H,6-7H2,1H3. The number of para-hydroxylation sites is 1. The molecule has 0 saturated heterocycles. The van der Waals surface area contributed by atoms with Gasteiger partial charge in [-0.15, -0.1) is 0 Å². The van der Waals surface area contributed by atoms with Gasteiger partial charge in [0.2, 0.25) is 3.79 Å². The number of nitrogens with zero attached hydrogens (tertiary/aromatic N) is 1. The molecule has 1 atom stereocenters. The van der Waals surface area contributed by atoms with E-state index in [-0.39, 0.29) is 23.6 Å². The van der Waals surface area contributed by atoms with Crippen LogP contribution in [0.4, 0.5) is 0 Å². The van der Waals surface area contributed by atoms with Gasteiger partial charge >= 0.3 is 10.8 Å². The molecule has 0 aliphatic heterocycles. The molecule has 0 fully saturated rings. The Morgan fingerprint density at radius 1 is 1.30 bits per heavy atom. The third-order valence-electron chi connectivity index (χ3n) is 2.97. The minimum absolute atomic E-state index is 0.221. The van der Waals surface area contributed by atoms with Crippen molar-refractivity contribution in [1.29, 1.82) is 0 Å². The third-order valence-corrected chi connectivity index (χ3v) is 4.66. The van der Waals surface area contributed by atoms with Gasteiger partial charge in [-0.25, -0.2) is 0 Å². The number of rotatable bonds is 5. The van der Waals surface area contributed by atoms with Crippen molar-refractivity contribution < 1.29 is 14.3 Å². The SMILES string of the molecule is CC(=O)CC(OC(=O)Cn1c(=O)sc2ccccc21)C(Cl)(Cl)Cl. The van der Waals surface area contributed by atoms with E-state index >= 15 is 0 Å². The summed E-state index contributed by atoms with van der Waals surface area (Å²) < 4.78 is 5.20. The Balaban J connectivity index is 2.18. The van der Waals surface area contributed by atoms with Crippen LogP contribution in [-0.2, 0) is 20.9 Å². The number of aromatic nitrogens is 1. The lowest BCUT2D eigenvalue weighted by molar-refractivity contribution is -0.150. The summed E-state index contributed by atoms with van der Waals surface area (Å²) in [6.45, 7) is 0.978. The van der Waals surface area contributed by atoms with Crippen molar-refractivity contribution in [2.45, 2.75) is 29.8 Å². The van der Waals surface area contributed by atoms with Crippen LogP contribution in [0.5, 0.6) is 0 Å². The summed E-state index contributed by atoms with van der Waals surface area (Å²) in [6.07, 6.45) is -1.43. The maximum Gasteiger partial charge on any atom is 0.326 e. The molecule has 23 heavy (non-hydrogen) atoms. The lowest BCUT2D eigenvalue weighted by Crippen LogP contribution is -2.35. The first-order valence-electron chi connectivity index (χ1n) is 6.52. The molecular weight excluding hydrogens is 385 g/mol. The van der Waals surface area contributed by atoms with Crippen molar-refractivity contribution in [3.63, 3.8) is 0 Å². The highest BCUT2D eigenvalue weighted by molar-refractivity contribution is 7.16. The van der Waals surface area contributed by atoms with Crippen molar-refractivity contribution >= 4 is 68.1 Å². The predicted octanol–water partition coefficient (Wildman–Crippen LogP) is 3.32. The smallest absolute Gasteiger partial charge is 0.326 e. The van der Waals surface area contributed by atoms with Gasteiger partial charge in [-0.1, -0.05) is 58.3 Å². The van der Waals surface area contributed by atoms with Gasteiger partial charge in [0.25, 0.3) is 0 Å². The molecule has 1 unspecified atom stereocenters. The highest BCUT2D eigenvalue weighted by atomic mass is 35.6. The molecule has 0 aliphatic carbocycles. The van der Waals surface area contributed by atoms with Crippen molar-refractivity contribution in [3.8, 4) is 0 Å². The zero-order valence-corrected chi connectivity index (χ0v) is 15.0. The maximum absolute atomic E-state index is 12.1. The lowest BCUT2D eigenvalue weighted by atomic mass is 10.2. The van der Waals surface area contributed by atoms with Crippen LogP contribution >= 0.6 is 46.1 Å². The van der Waals surface area contributed by atoms with Gasteiger partial charge in [-0.05, 0) is 19.1 Å². The second-order valence-electron chi connectivity index (χ2n) is 4.85. The van der Waals surface area contributed by atoms with Crippen molar-refractivity contribution in [2.75, 3.05) is 0 Å². The minimum atomic E-state index is -1.93. The Kier molecular flexibility index (Phi) is 5.73. The second-order valence-corrected chi connectivity index (χ2v) is 8.21. The van der Waals surface area contributed by atoms with E-state index in [1.54, 1.807) is 24.3 Å². The van der Waals surface area contributed by atoms with Gasteiger partial charge in [0, 0.05) is 6.42 Å². The molecule has 1 aromatic heterocycles. The van der Waals surface area contributed by atoms with Crippen LogP contribution in [0.15, 0.2) is 29.1 Å². The molecular formula is C14H12Cl3NO4S. The Bertz CT molecular complexity index is 793. The summed E-state index contributed by atoms with van der Waals surface area (Å²) in [6, 6.07) is 7.06. The Morgan fingerprint density at radius 3 is 2.57 bits per heavy atom. The van der Waals surface area contributed by atoms with E-state index in [9.17, 15) is 14.4 Å². The number of hydrogen-bond donors (Lipinski definition) is 0. The number of ketones is 1. The normalized spacial score (nSPS) is 13.0. The molecule has 124 valence electrons. The summed E-state index contributed by atoms with van der Waals surface area (Å²) in [5.74, 6) is -1.04. The highest BCUT2D eigenvalue weighted by Crippen LogP contribution is 2.34. The maximum atomic E-state index is 12.1. The van der Waals surface area contributed by atoms with Gasteiger partial charge < -0.3 is 4.74 Å². The fourth-order valence-electron chi connectivity index (χ4n) is 1.97. The van der Waals surface area contributed by atoms with E-state index < -0.39 is 15.9 Å². The molecule has 0 amide bonds. The molecule has 0 spiro atoms. The van der Waals surface area contributed by atoms with Gasteiger partial charge in [0.05, 0.1) is 10.2 Å². The van der Waals surface area contributed by atoms with Crippen LogP contribution in [0.1, 0.15) is 13.3 Å². The number of ether oxygens (including phenoxy) is 1. The summed E-state index contributed by atoms with van der Waals surface area (Å²) in [5, 5.41) is 0. The lowest BCUT2D eigenvalue weighted by Gasteiger charge is -2.23. The van der Waals surface area contributed by atoms with Crippen LogP contribution in [0.2, 0.25) is 0 Å². The number of carbonyl (C=O) groups is 2. The van der Waals surface area contributed by atoms with E-state index in [0.717, 1.165) is 16.0 Å². The van der Waals surface area contributed by atoms with E-state index in [4.69, 9.17) is 39.5 Å². The summed E-state index contributed by atoms with van der Waals surface area (Å²) in [5.41, 5.74) is 0.622. The number of carbonyl (C=O) groups excluding carboxylic acids is 2.